The number of rotatable bonds is 3. The van der Waals surface area contributed by atoms with Crippen LogP contribution in [0.4, 0.5) is 0 Å². The average molecular weight is 378 g/mol. The van der Waals surface area contributed by atoms with Crippen LogP contribution in [0.25, 0.3) is 0 Å². The van der Waals surface area contributed by atoms with Crippen molar-refractivity contribution in [3.63, 3.8) is 0 Å². The minimum absolute atomic E-state index is 0.0237. The van der Waals surface area contributed by atoms with Gasteiger partial charge >= 0.3 is 5.97 Å². The summed E-state index contributed by atoms with van der Waals surface area (Å²) in [5, 5.41) is 9.09. The predicted molar refractivity (Wildman–Crippen MR) is 79.9 cm³/mol. The van der Waals surface area contributed by atoms with Gasteiger partial charge in [0, 0.05) is 17.6 Å². The number of nitrogens with zero attached hydrogens (tertiary/aromatic N) is 1. The molecule has 0 amide bonds. The molecule has 1 aliphatic heterocycles. The van der Waals surface area contributed by atoms with Crippen molar-refractivity contribution in [2.45, 2.75) is 31.0 Å². The van der Waals surface area contributed by atoms with Crippen molar-refractivity contribution in [1.29, 1.82) is 0 Å². The lowest BCUT2D eigenvalue weighted by Crippen LogP contribution is -2.48. The van der Waals surface area contributed by atoms with Gasteiger partial charge in [0.2, 0.25) is 10.0 Å². The molecule has 6 nitrogen and oxygen atoms in total. The van der Waals surface area contributed by atoms with Crippen LogP contribution in [0.15, 0.2) is 27.6 Å². The van der Waals surface area contributed by atoms with Crippen LogP contribution >= 0.6 is 15.9 Å². The van der Waals surface area contributed by atoms with E-state index in [2.05, 4.69) is 15.9 Å². The Hall–Kier alpha value is -0.960. The van der Waals surface area contributed by atoms with Crippen LogP contribution < -0.4 is 0 Å². The van der Waals surface area contributed by atoms with E-state index in [1.165, 1.54) is 22.5 Å². The quantitative estimate of drug-likeness (QED) is 0.869. The molecule has 0 saturated carbocycles. The van der Waals surface area contributed by atoms with Crippen LogP contribution in [0.3, 0.4) is 0 Å². The molecule has 2 unspecified atom stereocenters. The van der Waals surface area contributed by atoms with Gasteiger partial charge in [0.15, 0.2) is 0 Å². The molecule has 2 rings (SSSR count). The van der Waals surface area contributed by atoms with Crippen molar-refractivity contribution < 1.29 is 23.1 Å². The van der Waals surface area contributed by atoms with Crippen molar-refractivity contribution in [3.05, 3.63) is 28.2 Å². The zero-order valence-electron chi connectivity index (χ0n) is 11.6. The summed E-state index contributed by atoms with van der Waals surface area (Å²) in [4.78, 5) is 11.1. The molecule has 1 fully saturated rings. The van der Waals surface area contributed by atoms with Gasteiger partial charge < -0.3 is 9.84 Å². The summed E-state index contributed by atoms with van der Waals surface area (Å²) in [6.07, 6.45) is -0.393. The van der Waals surface area contributed by atoms with Gasteiger partial charge in [0.05, 0.1) is 22.7 Å². The van der Waals surface area contributed by atoms with E-state index >= 15 is 0 Å². The number of sulfonamides is 1. The second kappa shape index (κ2) is 6.04. The molecule has 1 heterocycles. The van der Waals surface area contributed by atoms with E-state index in [1.54, 1.807) is 0 Å². The van der Waals surface area contributed by atoms with Crippen LogP contribution in [0.2, 0.25) is 0 Å². The third-order valence-corrected chi connectivity index (χ3v) is 5.71. The van der Waals surface area contributed by atoms with Gasteiger partial charge in [-0.15, -0.1) is 0 Å². The number of morpholine rings is 1. The molecule has 1 aromatic rings. The number of carbonyl (C=O) groups is 1. The molecule has 2 atom stereocenters. The Bertz CT molecular complexity index is 651. The Morgan fingerprint density at radius 1 is 1.33 bits per heavy atom. The highest BCUT2D eigenvalue weighted by Gasteiger charge is 2.32. The third-order valence-electron chi connectivity index (χ3n) is 3.19. The predicted octanol–water partition coefficient (Wildman–Crippen LogP) is 1.95. The van der Waals surface area contributed by atoms with E-state index in [4.69, 9.17) is 9.84 Å². The van der Waals surface area contributed by atoms with Crippen LogP contribution in [0, 0.1) is 0 Å². The van der Waals surface area contributed by atoms with Crippen molar-refractivity contribution in [2.24, 2.45) is 0 Å². The van der Waals surface area contributed by atoms with Crippen LogP contribution in [-0.4, -0.2) is 49.1 Å². The van der Waals surface area contributed by atoms with E-state index < -0.39 is 16.0 Å². The van der Waals surface area contributed by atoms with E-state index in [0.717, 1.165) is 0 Å². The minimum atomic E-state index is -3.73. The summed E-state index contributed by atoms with van der Waals surface area (Å²) < 4.78 is 32.5. The van der Waals surface area contributed by atoms with Crippen molar-refractivity contribution in [2.75, 3.05) is 13.1 Å². The standard InChI is InChI=1S/C13H16BrNO5S/c1-8-6-15(7-9(2)20-8)21(18,19)10-3-4-12(14)11(5-10)13(16)17/h3-5,8-9H,6-7H2,1-2H3,(H,16,17). The topological polar surface area (TPSA) is 83.9 Å². The Kier molecular flexibility index (Phi) is 4.72. The molecule has 1 N–H and O–H groups in total. The van der Waals surface area contributed by atoms with E-state index in [0.29, 0.717) is 4.47 Å². The largest absolute Gasteiger partial charge is 0.478 e. The molecule has 1 aliphatic rings. The summed E-state index contributed by atoms with van der Waals surface area (Å²) in [6.45, 7) is 4.13. The van der Waals surface area contributed by atoms with Gasteiger partial charge in [0.1, 0.15) is 0 Å². The van der Waals surface area contributed by atoms with Gasteiger partial charge in [-0.2, -0.15) is 4.31 Å². The van der Waals surface area contributed by atoms with Gasteiger partial charge in [-0.05, 0) is 48.0 Å². The second-order valence-electron chi connectivity index (χ2n) is 5.03. The summed E-state index contributed by atoms with van der Waals surface area (Å²) in [5.74, 6) is -1.18. The fraction of sp³-hybridized carbons (Fsp3) is 0.462. The molecule has 21 heavy (non-hydrogen) atoms. The van der Waals surface area contributed by atoms with Crippen molar-refractivity contribution in [3.8, 4) is 0 Å². The Balaban J connectivity index is 2.40. The van der Waals surface area contributed by atoms with Crippen LogP contribution in [0.1, 0.15) is 24.2 Å². The summed E-state index contributed by atoms with van der Waals surface area (Å²) in [6, 6.07) is 4.01. The first-order valence-corrected chi connectivity index (χ1v) is 8.63. The van der Waals surface area contributed by atoms with Gasteiger partial charge in [-0.25, -0.2) is 13.2 Å². The Morgan fingerprint density at radius 2 is 1.90 bits per heavy atom. The zero-order valence-corrected chi connectivity index (χ0v) is 14.0. The fourth-order valence-corrected chi connectivity index (χ4v) is 4.34. The third kappa shape index (κ3) is 3.45. The van der Waals surface area contributed by atoms with Gasteiger partial charge in [-0.3, -0.25) is 0 Å². The zero-order chi connectivity index (χ0) is 15.8. The molecular weight excluding hydrogens is 362 g/mol. The molecular formula is C13H16BrNO5S. The number of benzene rings is 1. The van der Waals surface area contributed by atoms with E-state index in [1.807, 2.05) is 13.8 Å². The first-order chi connectivity index (χ1) is 9.71. The highest BCUT2D eigenvalue weighted by Crippen LogP contribution is 2.25. The second-order valence-corrected chi connectivity index (χ2v) is 7.82. The maximum atomic E-state index is 12.6. The molecule has 1 saturated heterocycles. The Morgan fingerprint density at radius 3 is 2.43 bits per heavy atom. The first-order valence-electron chi connectivity index (χ1n) is 6.40. The molecule has 8 heteroatoms. The maximum Gasteiger partial charge on any atom is 0.336 e. The summed E-state index contributed by atoms with van der Waals surface area (Å²) in [7, 11) is -3.73. The SMILES string of the molecule is CC1CN(S(=O)(=O)c2ccc(Br)c(C(=O)O)c2)CC(C)O1. The lowest BCUT2D eigenvalue weighted by atomic mass is 10.2. The highest BCUT2D eigenvalue weighted by atomic mass is 79.9. The number of hydrogen-bond acceptors (Lipinski definition) is 4. The number of halogens is 1. The lowest BCUT2D eigenvalue weighted by Gasteiger charge is -2.34. The lowest BCUT2D eigenvalue weighted by molar-refractivity contribution is -0.0440. The highest BCUT2D eigenvalue weighted by molar-refractivity contribution is 9.10. The first kappa shape index (κ1) is 16.4. The van der Waals surface area contributed by atoms with Gasteiger partial charge in [0.25, 0.3) is 0 Å². The van der Waals surface area contributed by atoms with Gasteiger partial charge in [-0.1, -0.05) is 0 Å². The number of aromatic carboxylic acids is 1. The number of carboxylic acids is 1. The molecule has 0 radical (unpaired) electrons. The Labute approximate surface area is 131 Å². The van der Waals surface area contributed by atoms with Crippen LogP contribution in [-0.2, 0) is 14.8 Å². The van der Waals surface area contributed by atoms with E-state index in [-0.39, 0.29) is 35.8 Å². The maximum absolute atomic E-state index is 12.6. The number of carboxylic acid groups (broad SMARTS) is 1. The number of ether oxygens (including phenoxy) is 1. The minimum Gasteiger partial charge on any atom is -0.478 e. The molecule has 1 aromatic carbocycles. The smallest absolute Gasteiger partial charge is 0.336 e. The fourth-order valence-electron chi connectivity index (χ4n) is 2.30. The van der Waals surface area contributed by atoms with Crippen molar-refractivity contribution >= 4 is 31.9 Å². The summed E-state index contributed by atoms with van der Waals surface area (Å²) >= 11 is 3.10. The molecule has 0 aliphatic carbocycles. The molecule has 116 valence electrons. The average Bonchev–Trinajstić information content (AvgIpc) is 2.37. The summed E-state index contributed by atoms with van der Waals surface area (Å²) in [5.41, 5.74) is -0.0783. The van der Waals surface area contributed by atoms with Crippen molar-refractivity contribution in [1.82, 2.24) is 4.31 Å². The van der Waals surface area contributed by atoms with E-state index in [9.17, 15) is 13.2 Å². The molecule has 0 bridgehead atoms. The number of hydrogen-bond donors (Lipinski definition) is 1. The van der Waals surface area contributed by atoms with Crippen LogP contribution in [0.5, 0.6) is 0 Å². The monoisotopic (exact) mass is 377 g/mol. The molecule has 0 spiro atoms. The molecule has 0 aromatic heterocycles. The normalized spacial score (nSPS) is 24.0.